The highest BCUT2D eigenvalue weighted by Crippen LogP contribution is 2.29. The zero-order valence-corrected chi connectivity index (χ0v) is 19.5. The van der Waals surface area contributed by atoms with Crippen molar-refractivity contribution in [3.8, 4) is 0 Å². The molecule has 2 aromatic carbocycles. The highest BCUT2D eigenvalue weighted by Gasteiger charge is 2.21. The lowest BCUT2D eigenvalue weighted by molar-refractivity contribution is -0.117. The number of primary amides is 1. The first-order chi connectivity index (χ1) is 17.5. The number of hydrogen-bond acceptors (Lipinski definition) is 4. The summed E-state index contributed by atoms with van der Waals surface area (Å²) >= 11 is 0. The van der Waals surface area contributed by atoms with Gasteiger partial charge >= 0.3 is 0 Å². The topological polar surface area (TPSA) is 121 Å². The summed E-state index contributed by atoms with van der Waals surface area (Å²) in [5.74, 6) is -0.615. The molecule has 180 valence electrons. The second-order valence-corrected chi connectivity index (χ2v) is 8.65. The number of nitrogens with two attached hydrogens (primary N) is 1. The minimum atomic E-state index is -0.552. The number of amides is 3. The highest BCUT2D eigenvalue weighted by atomic mass is 16.2. The van der Waals surface area contributed by atoms with E-state index in [0.29, 0.717) is 39.8 Å². The Balaban J connectivity index is 1.38. The smallest absolute Gasteiger partial charge is 0.249 e. The van der Waals surface area contributed by atoms with Crippen molar-refractivity contribution in [2.45, 2.75) is 19.3 Å². The monoisotopic (exact) mass is 479 g/mol. The van der Waals surface area contributed by atoms with Crippen LogP contribution < -0.4 is 16.0 Å². The maximum Gasteiger partial charge on any atom is 0.249 e. The summed E-state index contributed by atoms with van der Waals surface area (Å²) in [6, 6.07) is 18.4. The Bertz CT molecular complexity index is 1470. The average Bonchev–Trinajstić information content (AvgIpc) is 3.50. The number of anilines is 2. The standard InChI is InChI=1S/C28H25N5O3/c29-27(36)22(19-5-2-1-3-6-19)16-20-17-31-28-26(20)23(12-13-30-28)32-24(34)15-18-8-10-21(11-9-18)33-14-4-7-25(33)35/h1-3,5-6,8-13,16-17H,4,7,14-15H2,(H2,29,36)(H2,30,31,32,34)/b22-16+. The van der Waals surface area contributed by atoms with Crippen LogP contribution in [0.2, 0.25) is 0 Å². The molecule has 0 bridgehead atoms. The second kappa shape index (κ2) is 9.87. The van der Waals surface area contributed by atoms with Gasteiger partial charge in [-0.25, -0.2) is 4.98 Å². The lowest BCUT2D eigenvalue weighted by Crippen LogP contribution is -2.23. The average molecular weight is 480 g/mol. The van der Waals surface area contributed by atoms with E-state index in [0.717, 1.165) is 24.2 Å². The van der Waals surface area contributed by atoms with Gasteiger partial charge in [-0.15, -0.1) is 0 Å². The van der Waals surface area contributed by atoms with Gasteiger partial charge in [-0.05, 0) is 41.8 Å². The number of carbonyl (C=O) groups excluding carboxylic acids is 3. The van der Waals surface area contributed by atoms with Crippen LogP contribution >= 0.6 is 0 Å². The van der Waals surface area contributed by atoms with Crippen LogP contribution in [0.15, 0.2) is 73.1 Å². The van der Waals surface area contributed by atoms with E-state index in [-0.39, 0.29) is 18.2 Å². The van der Waals surface area contributed by atoms with Gasteiger partial charge in [0.2, 0.25) is 17.7 Å². The number of nitrogens with one attached hydrogen (secondary N) is 2. The number of H-pyrrole nitrogens is 1. The Morgan fingerprint density at radius 2 is 1.86 bits per heavy atom. The summed E-state index contributed by atoms with van der Waals surface area (Å²) < 4.78 is 0. The van der Waals surface area contributed by atoms with Gasteiger partial charge < -0.3 is 20.9 Å². The SMILES string of the molecule is NC(=O)/C(=C/c1c[nH]c2nccc(NC(=O)Cc3ccc(N4CCCC4=O)cc3)c12)c1ccccc1. The van der Waals surface area contributed by atoms with Gasteiger partial charge in [-0.3, -0.25) is 14.4 Å². The molecule has 0 unspecified atom stereocenters. The zero-order valence-electron chi connectivity index (χ0n) is 19.5. The molecular weight excluding hydrogens is 454 g/mol. The number of aromatic nitrogens is 2. The van der Waals surface area contributed by atoms with Crippen LogP contribution in [0.1, 0.15) is 29.5 Å². The van der Waals surface area contributed by atoms with E-state index in [9.17, 15) is 14.4 Å². The van der Waals surface area contributed by atoms with Crippen LogP contribution in [0.25, 0.3) is 22.7 Å². The molecular formula is C28H25N5O3. The zero-order chi connectivity index (χ0) is 25.1. The van der Waals surface area contributed by atoms with Gasteiger partial charge in [0.15, 0.2) is 0 Å². The first-order valence-corrected chi connectivity index (χ1v) is 11.7. The molecule has 4 N–H and O–H groups in total. The molecule has 8 nitrogen and oxygen atoms in total. The summed E-state index contributed by atoms with van der Waals surface area (Å²) in [6.45, 7) is 0.728. The Kier molecular flexibility index (Phi) is 6.32. The predicted octanol–water partition coefficient (Wildman–Crippen LogP) is 3.90. The molecule has 4 aromatic rings. The summed E-state index contributed by atoms with van der Waals surface area (Å²) in [4.78, 5) is 46.3. The maximum atomic E-state index is 12.9. The molecule has 0 aliphatic carbocycles. The predicted molar refractivity (Wildman–Crippen MR) is 140 cm³/mol. The Morgan fingerprint density at radius 1 is 1.08 bits per heavy atom. The summed E-state index contributed by atoms with van der Waals surface area (Å²) in [5, 5.41) is 3.65. The number of rotatable bonds is 7. The fraction of sp³-hybridized carbons (Fsp3) is 0.143. The van der Waals surface area contributed by atoms with E-state index in [1.54, 1.807) is 29.4 Å². The van der Waals surface area contributed by atoms with Gasteiger partial charge in [-0.1, -0.05) is 42.5 Å². The van der Waals surface area contributed by atoms with Crippen molar-refractivity contribution in [3.63, 3.8) is 0 Å². The van der Waals surface area contributed by atoms with Crippen LogP contribution in [-0.2, 0) is 20.8 Å². The molecule has 3 amide bonds. The Hall–Kier alpha value is -4.72. The Morgan fingerprint density at radius 3 is 2.56 bits per heavy atom. The van der Waals surface area contributed by atoms with Gasteiger partial charge in [-0.2, -0.15) is 0 Å². The minimum absolute atomic E-state index is 0.130. The van der Waals surface area contributed by atoms with E-state index < -0.39 is 5.91 Å². The molecule has 1 fully saturated rings. The van der Waals surface area contributed by atoms with Crippen molar-refractivity contribution in [2.24, 2.45) is 5.73 Å². The number of benzene rings is 2. The molecule has 2 aromatic heterocycles. The number of pyridine rings is 1. The number of aromatic amines is 1. The third-order valence-electron chi connectivity index (χ3n) is 6.21. The molecule has 0 saturated carbocycles. The fourth-order valence-electron chi connectivity index (χ4n) is 4.46. The van der Waals surface area contributed by atoms with Crippen molar-refractivity contribution in [1.29, 1.82) is 0 Å². The molecule has 1 aliphatic heterocycles. The van der Waals surface area contributed by atoms with E-state index in [2.05, 4.69) is 15.3 Å². The van der Waals surface area contributed by atoms with Crippen LogP contribution in [0.3, 0.4) is 0 Å². The van der Waals surface area contributed by atoms with Crippen LogP contribution in [0.4, 0.5) is 11.4 Å². The second-order valence-electron chi connectivity index (χ2n) is 8.65. The molecule has 0 atom stereocenters. The minimum Gasteiger partial charge on any atom is -0.366 e. The summed E-state index contributed by atoms with van der Waals surface area (Å²) in [6.07, 6.45) is 6.66. The molecule has 1 saturated heterocycles. The molecule has 36 heavy (non-hydrogen) atoms. The van der Waals surface area contributed by atoms with E-state index in [4.69, 9.17) is 5.73 Å². The third kappa shape index (κ3) is 4.74. The number of nitrogens with zero attached hydrogens (tertiary/aromatic N) is 2. The molecule has 3 heterocycles. The van der Waals surface area contributed by atoms with Crippen molar-refractivity contribution in [3.05, 3.63) is 89.7 Å². The number of fused-ring (bicyclic) bond motifs is 1. The van der Waals surface area contributed by atoms with Crippen molar-refractivity contribution in [1.82, 2.24) is 9.97 Å². The molecule has 1 aliphatic rings. The summed E-state index contributed by atoms with van der Waals surface area (Å²) in [5.41, 5.74) is 10.3. The van der Waals surface area contributed by atoms with Crippen molar-refractivity contribution >= 4 is 51.8 Å². The molecule has 8 heteroatoms. The van der Waals surface area contributed by atoms with Crippen LogP contribution in [-0.4, -0.2) is 34.2 Å². The lowest BCUT2D eigenvalue weighted by Gasteiger charge is -2.16. The first-order valence-electron chi connectivity index (χ1n) is 11.7. The van der Waals surface area contributed by atoms with Crippen molar-refractivity contribution < 1.29 is 14.4 Å². The molecule has 5 rings (SSSR count). The molecule has 0 radical (unpaired) electrons. The highest BCUT2D eigenvalue weighted by molar-refractivity contribution is 6.24. The van der Waals surface area contributed by atoms with Crippen molar-refractivity contribution in [2.75, 3.05) is 16.8 Å². The largest absolute Gasteiger partial charge is 0.366 e. The first kappa shape index (κ1) is 23.0. The quantitative estimate of drug-likeness (QED) is 0.348. The fourth-order valence-corrected chi connectivity index (χ4v) is 4.46. The van der Waals surface area contributed by atoms with E-state index in [1.165, 1.54) is 0 Å². The lowest BCUT2D eigenvalue weighted by atomic mass is 10.0. The van der Waals surface area contributed by atoms with Gasteiger partial charge in [0.1, 0.15) is 5.65 Å². The Labute approximate surface area is 207 Å². The van der Waals surface area contributed by atoms with Crippen LogP contribution in [0.5, 0.6) is 0 Å². The summed E-state index contributed by atoms with van der Waals surface area (Å²) in [7, 11) is 0. The third-order valence-corrected chi connectivity index (χ3v) is 6.21. The normalized spacial score (nSPS) is 13.8. The van der Waals surface area contributed by atoms with Gasteiger partial charge in [0.05, 0.1) is 12.1 Å². The maximum absolute atomic E-state index is 12.9. The van der Waals surface area contributed by atoms with Gasteiger partial charge in [0, 0.05) is 47.6 Å². The molecule has 0 spiro atoms. The van der Waals surface area contributed by atoms with E-state index >= 15 is 0 Å². The number of hydrogen-bond donors (Lipinski definition) is 3. The number of carbonyl (C=O) groups is 3. The van der Waals surface area contributed by atoms with Crippen LogP contribution in [0, 0.1) is 0 Å². The van der Waals surface area contributed by atoms with Gasteiger partial charge in [0.25, 0.3) is 0 Å². The van der Waals surface area contributed by atoms with E-state index in [1.807, 2.05) is 54.6 Å².